The summed E-state index contributed by atoms with van der Waals surface area (Å²) in [6.07, 6.45) is 3.63. The minimum absolute atomic E-state index is 0.104. The molecule has 0 spiro atoms. The average molecular weight is 297 g/mol. The number of hydrogen-bond donors (Lipinski definition) is 1. The zero-order chi connectivity index (χ0) is 14.8. The zero-order valence-electron chi connectivity index (χ0n) is 12.3. The highest BCUT2D eigenvalue weighted by atomic mass is 35.5. The maximum atomic E-state index is 14.1. The molecule has 0 aromatic heterocycles. The Balaban J connectivity index is 2.00. The van der Waals surface area contributed by atoms with Crippen molar-refractivity contribution in [2.24, 2.45) is 16.7 Å². The lowest BCUT2D eigenvalue weighted by atomic mass is 9.58. The van der Waals surface area contributed by atoms with Crippen LogP contribution in [0.1, 0.15) is 45.6 Å². The van der Waals surface area contributed by atoms with Crippen molar-refractivity contribution in [3.63, 3.8) is 0 Å². The van der Waals surface area contributed by atoms with Crippen LogP contribution < -0.4 is 0 Å². The highest BCUT2D eigenvalue weighted by molar-refractivity contribution is 6.30. The number of halogens is 2. The van der Waals surface area contributed by atoms with E-state index in [1.165, 1.54) is 12.5 Å². The molecule has 110 valence electrons. The topological polar surface area (TPSA) is 20.2 Å². The second kappa shape index (κ2) is 4.20. The maximum absolute atomic E-state index is 14.1. The van der Waals surface area contributed by atoms with E-state index in [-0.39, 0.29) is 16.6 Å². The number of aliphatic hydroxyl groups is 1. The fourth-order valence-electron chi connectivity index (χ4n) is 4.73. The predicted octanol–water partition coefficient (Wildman–Crippen LogP) is 4.60. The van der Waals surface area contributed by atoms with Crippen LogP contribution in [0.3, 0.4) is 0 Å². The molecule has 3 atom stereocenters. The Morgan fingerprint density at radius 3 is 2.60 bits per heavy atom. The van der Waals surface area contributed by atoms with E-state index in [1.807, 2.05) is 0 Å². The molecule has 0 aliphatic heterocycles. The fraction of sp³-hybridized carbons (Fsp3) is 0.647. The van der Waals surface area contributed by atoms with Gasteiger partial charge in [-0.3, -0.25) is 0 Å². The van der Waals surface area contributed by atoms with E-state index >= 15 is 0 Å². The minimum Gasteiger partial charge on any atom is -0.388 e. The molecule has 2 aliphatic rings. The summed E-state index contributed by atoms with van der Waals surface area (Å²) in [5.74, 6) is 0.223. The summed E-state index contributed by atoms with van der Waals surface area (Å²) in [4.78, 5) is 0. The molecule has 1 N–H and O–H groups in total. The molecule has 0 heterocycles. The second-order valence-electron chi connectivity index (χ2n) is 7.49. The lowest BCUT2D eigenvalue weighted by Crippen LogP contribution is -2.55. The van der Waals surface area contributed by atoms with Crippen LogP contribution in [0.2, 0.25) is 5.02 Å². The molecule has 2 bridgehead atoms. The molecule has 2 fully saturated rings. The normalized spacial score (nSPS) is 38.4. The lowest BCUT2D eigenvalue weighted by Gasteiger charge is -2.51. The van der Waals surface area contributed by atoms with Crippen LogP contribution in [0.4, 0.5) is 4.39 Å². The SMILES string of the molecule is CC12CCC(C1)C(C)(C)C2(O)Cc1ccc(Cl)cc1F. The fourth-order valence-corrected chi connectivity index (χ4v) is 4.89. The molecule has 0 radical (unpaired) electrons. The minimum atomic E-state index is -0.850. The third-order valence-electron chi connectivity index (χ3n) is 6.29. The lowest BCUT2D eigenvalue weighted by molar-refractivity contribution is -0.142. The third-order valence-corrected chi connectivity index (χ3v) is 6.52. The number of hydrogen-bond acceptors (Lipinski definition) is 1. The predicted molar refractivity (Wildman–Crippen MR) is 79.3 cm³/mol. The number of fused-ring (bicyclic) bond motifs is 2. The van der Waals surface area contributed by atoms with E-state index in [1.54, 1.807) is 12.1 Å². The smallest absolute Gasteiger partial charge is 0.127 e. The Bertz CT molecular complexity index is 549. The van der Waals surface area contributed by atoms with Gasteiger partial charge in [0, 0.05) is 11.4 Å². The molecule has 1 aromatic carbocycles. The first-order valence-corrected chi connectivity index (χ1v) is 7.74. The number of rotatable bonds is 2. The standard InChI is InChI=1S/C17H22ClFO/c1-15(2)12-6-7-16(3,10-12)17(15,20)9-11-4-5-13(18)8-14(11)19/h4-5,8,12,20H,6-7,9-10H2,1-3H3. The second-order valence-corrected chi connectivity index (χ2v) is 7.93. The van der Waals surface area contributed by atoms with Gasteiger partial charge < -0.3 is 5.11 Å². The summed E-state index contributed by atoms with van der Waals surface area (Å²) in [6, 6.07) is 4.75. The summed E-state index contributed by atoms with van der Waals surface area (Å²) in [5, 5.41) is 11.8. The number of benzene rings is 1. The van der Waals surface area contributed by atoms with Crippen molar-refractivity contribution in [3.05, 3.63) is 34.6 Å². The molecule has 3 heteroatoms. The molecular formula is C17H22ClFO. The van der Waals surface area contributed by atoms with Gasteiger partial charge in [-0.25, -0.2) is 4.39 Å². The molecule has 1 aromatic rings. The van der Waals surface area contributed by atoms with Crippen LogP contribution >= 0.6 is 11.6 Å². The van der Waals surface area contributed by atoms with Gasteiger partial charge in [-0.2, -0.15) is 0 Å². The highest BCUT2D eigenvalue weighted by Crippen LogP contribution is 2.68. The van der Waals surface area contributed by atoms with E-state index in [9.17, 15) is 9.50 Å². The first-order valence-electron chi connectivity index (χ1n) is 7.36. The summed E-state index contributed by atoms with van der Waals surface area (Å²) >= 11 is 5.81. The van der Waals surface area contributed by atoms with Crippen LogP contribution in [0.25, 0.3) is 0 Å². The van der Waals surface area contributed by atoms with E-state index in [0.717, 1.165) is 12.8 Å². The van der Waals surface area contributed by atoms with Gasteiger partial charge in [0.15, 0.2) is 0 Å². The zero-order valence-corrected chi connectivity index (χ0v) is 13.1. The molecule has 0 amide bonds. The van der Waals surface area contributed by atoms with Gasteiger partial charge in [0.1, 0.15) is 5.82 Å². The van der Waals surface area contributed by atoms with E-state index in [4.69, 9.17) is 11.6 Å². The maximum Gasteiger partial charge on any atom is 0.127 e. The van der Waals surface area contributed by atoms with Crippen LogP contribution in [0, 0.1) is 22.6 Å². The van der Waals surface area contributed by atoms with Gasteiger partial charge in [0.05, 0.1) is 5.60 Å². The van der Waals surface area contributed by atoms with E-state index in [2.05, 4.69) is 20.8 Å². The van der Waals surface area contributed by atoms with Crippen molar-refractivity contribution in [1.82, 2.24) is 0 Å². The molecule has 2 saturated carbocycles. The van der Waals surface area contributed by atoms with Crippen molar-refractivity contribution in [2.75, 3.05) is 0 Å². The average Bonchev–Trinajstić information content (AvgIpc) is 2.81. The molecular weight excluding hydrogens is 275 g/mol. The van der Waals surface area contributed by atoms with E-state index < -0.39 is 5.60 Å². The van der Waals surface area contributed by atoms with E-state index in [0.29, 0.717) is 22.9 Å². The van der Waals surface area contributed by atoms with Gasteiger partial charge in [0.2, 0.25) is 0 Å². The van der Waals surface area contributed by atoms with Crippen molar-refractivity contribution >= 4 is 11.6 Å². The first kappa shape index (κ1) is 14.3. The van der Waals surface area contributed by atoms with Crippen molar-refractivity contribution in [1.29, 1.82) is 0 Å². The van der Waals surface area contributed by atoms with Crippen molar-refractivity contribution in [3.8, 4) is 0 Å². The van der Waals surface area contributed by atoms with Crippen LogP contribution in [0.15, 0.2) is 18.2 Å². The van der Waals surface area contributed by atoms with Crippen molar-refractivity contribution in [2.45, 2.75) is 52.1 Å². The molecule has 0 saturated heterocycles. The molecule has 3 unspecified atom stereocenters. The quantitative estimate of drug-likeness (QED) is 0.846. The van der Waals surface area contributed by atoms with Crippen molar-refractivity contribution < 1.29 is 9.50 Å². The Morgan fingerprint density at radius 2 is 2.05 bits per heavy atom. The summed E-state index contributed by atoms with van der Waals surface area (Å²) in [6.45, 7) is 6.43. The molecule has 1 nitrogen and oxygen atoms in total. The van der Waals surface area contributed by atoms with Crippen LogP contribution in [0.5, 0.6) is 0 Å². The largest absolute Gasteiger partial charge is 0.388 e. The first-order chi connectivity index (χ1) is 9.20. The Labute approximate surface area is 125 Å². The third kappa shape index (κ3) is 1.70. The summed E-state index contributed by atoms with van der Waals surface area (Å²) < 4.78 is 14.1. The van der Waals surface area contributed by atoms with Gasteiger partial charge in [-0.15, -0.1) is 0 Å². The van der Waals surface area contributed by atoms with Crippen LogP contribution in [-0.2, 0) is 6.42 Å². The molecule has 2 aliphatic carbocycles. The van der Waals surface area contributed by atoms with Gasteiger partial charge >= 0.3 is 0 Å². The summed E-state index contributed by atoms with van der Waals surface area (Å²) in [5.41, 5.74) is -0.560. The van der Waals surface area contributed by atoms with Gasteiger partial charge in [-0.1, -0.05) is 38.4 Å². The Hall–Kier alpha value is -0.600. The molecule has 3 rings (SSSR count). The highest BCUT2D eigenvalue weighted by Gasteiger charge is 2.68. The van der Waals surface area contributed by atoms with Gasteiger partial charge in [0.25, 0.3) is 0 Å². The molecule has 20 heavy (non-hydrogen) atoms. The summed E-state index contributed by atoms with van der Waals surface area (Å²) in [7, 11) is 0. The van der Waals surface area contributed by atoms with Crippen LogP contribution in [-0.4, -0.2) is 10.7 Å². The monoisotopic (exact) mass is 296 g/mol. The Kier molecular flexibility index (Phi) is 3.02. The Morgan fingerprint density at radius 1 is 1.35 bits per heavy atom. The van der Waals surface area contributed by atoms with Gasteiger partial charge in [-0.05, 0) is 53.7 Å².